The van der Waals surface area contributed by atoms with E-state index in [1.54, 1.807) is 42.2 Å². The molecule has 0 spiro atoms. The van der Waals surface area contributed by atoms with Crippen molar-refractivity contribution in [3.63, 3.8) is 0 Å². The Kier molecular flexibility index (Phi) is 14.4. The Hall–Kier alpha value is -2.56. The van der Waals surface area contributed by atoms with Gasteiger partial charge in [-0.15, -0.1) is 4.33 Å². The second-order valence-corrected chi connectivity index (χ2v) is 16.3. The summed E-state index contributed by atoms with van der Waals surface area (Å²) in [6.07, 6.45) is 11.1. The summed E-state index contributed by atoms with van der Waals surface area (Å²) in [6.45, 7) is 8.06. The number of halogens is 2. The topological polar surface area (TPSA) is 93.8 Å². The van der Waals surface area contributed by atoms with Crippen molar-refractivity contribution in [2.45, 2.75) is 63.5 Å². The molecule has 1 N–H and O–H groups in total. The van der Waals surface area contributed by atoms with Gasteiger partial charge in [-0.3, -0.25) is 9.08 Å². The molecule has 0 radical (unpaired) electrons. The molecule has 0 fully saturated rings. The molecule has 0 bridgehead atoms. The minimum atomic E-state index is -0.647. The van der Waals surface area contributed by atoms with Crippen molar-refractivity contribution < 1.29 is 37.6 Å². The third-order valence-corrected chi connectivity index (χ3v) is 11.1. The van der Waals surface area contributed by atoms with Gasteiger partial charge in [0.1, 0.15) is 10.3 Å². The summed E-state index contributed by atoms with van der Waals surface area (Å²) >= 11 is 16.7. The van der Waals surface area contributed by atoms with Gasteiger partial charge in [0.25, 0.3) is 5.01 Å². The van der Waals surface area contributed by atoms with Crippen molar-refractivity contribution >= 4 is 86.7 Å². The molecule has 2 aliphatic rings. The number of methoxy groups -OCH3 is 1. The quantitative estimate of drug-likeness (QED) is 0.0527. The minimum Gasteiger partial charge on any atom is -0.443 e. The number of anilines is 1. The van der Waals surface area contributed by atoms with Gasteiger partial charge >= 0.3 is 6.09 Å². The van der Waals surface area contributed by atoms with Gasteiger partial charge in [-0.1, -0.05) is 57.4 Å². The molecule has 274 valence electrons. The molecule has 3 aromatic rings. The van der Waals surface area contributed by atoms with E-state index in [2.05, 4.69) is 49.2 Å². The molecule has 10 nitrogen and oxygen atoms in total. The normalized spacial score (nSPS) is 16.4. The fourth-order valence-electron chi connectivity index (χ4n) is 5.81. The van der Waals surface area contributed by atoms with Crippen LogP contribution in [0.15, 0.2) is 81.4 Å². The number of carbonyl (C=O) groups excluding carboxylic acids is 1. The van der Waals surface area contributed by atoms with Crippen LogP contribution in [0.2, 0.25) is 10.0 Å². The second kappa shape index (κ2) is 18.5. The Labute approximate surface area is 321 Å². The molecule has 51 heavy (non-hydrogen) atoms. The van der Waals surface area contributed by atoms with Crippen LogP contribution in [0.5, 0.6) is 0 Å². The highest BCUT2D eigenvalue weighted by Crippen LogP contribution is 2.47. The number of ether oxygens (including phenoxy) is 2. The molecule has 0 unspecified atom stereocenters. The van der Waals surface area contributed by atoms with Gasteiger partial charge in [0, 0.05) is 60.8 Å². The van der Waals surface area contributed by atoms with Crippen molar-refractivity contribution in [1.29, 1.82) is 0 Å². The van der Waals surface area contributed by atoms with Crippen LogP contribution in [0.1, 0.15) is 51.5 Å². The lowest BCUT2D eigenvalue weighted by atomic mass is 10.1. The van der Waals surface area contributed by atoms with Crippen molar-refractivity contribution in [1.82, 2.24) is 4.90 Å². The maximum atomic E-state index is 13.5. The van der Waals surface area contributed by atoms with E-state index >= 15 is 0 Å². The van der Waals surface area contributed by atoms with Gasteiger partial charge in [-0.25, -0.2) is 10.1 Å². The maximum absolute atomic E-state index is 13.5. The second-order valence-electron chi connectivity index (χ2n) is 12.7. The number of rotatable bonds is 15. The first kappa shape index (κ1) is 39.6. The number of hydrogen-bond acceptors (Lipinski definition) is 11. The fourth-order valence-corrected chi connectivity index (χ4v) is 8.53. The molecule has 1 amide bonds. The van der Waals surface area contributed by atoms with E-state index < -0.39 is 11.7 Å². The largest absolute Gasteiger partial charge is 0.443 e. The smallest absolute Gasteiger partial charge is 0.414 e. The predicted molar refractivity (Wildman–Crippen MR) is 207 cm³/mol. The summed E-state index contributed by atoms with van der Waals surface area (Å²) in [5.41, 5.74) is 4.36. The average Bonchev–Trinajstić information content (AvgIpc) is 3.76. The average molecular weight is 796 g/mol. The number of fused-ring (bicyclic) bond motifs is 2. The highest BCUT2D eigenvalue weighted by molar-refractivity contribution is 8.03. The Morgan fingerprint density at radius 1 is 1.08 bits per heavy atom. The van der Waals surface area contributed by atoms with Crippen LogP contribution in [-0.2, 0) is 29.6 Å². The summed E-state index contributed by atoms with van der Waals surface area (Å²) in [5, 5.41) is 15.3. The summed E-state index contributed by atoms with van der Waals surface area (Å²) in [5.74, 6) is 0. The van der Waals surface area contributed by atoms with E-state index in [9.17, 15) is 4.79 Å². The van der Waals surface area contributed by atoms with Gasteiger partial charge in [0.2, 0.25) is 5.52 Å². The number of hydrogen-bond donors (Lipinski definition) is 1. The van der Waals surface area contributed by atoms with E-state index in [0.29, 0.717) is 48.5 Å². The molecule has 15 heteroatoms. The summed E-state index contributed by atoms with van der Waals surface area (Å²) in [6, 6.07) is 11.8. The van der Waals surface area contributed by atoms with Crippen LogP contribution in [-0.4, -0.2) is 55.8 Å². The summed E-state index contributed by atoms with van der Waals surface area (Å²) in [4.78, 5) is 18.5. The Morgan fingerprint density at radius 2 is 1.86 bits per heavy atom. The number of nitrogens with zero attached hydrogens (tertiary/aromatic N) is 3. The van der Waals surface area contributed by atoms with Crippen LogP contribution < -0.4 is 9.47 Å². The van der Waals surface area contributed by atoms with Crippen molar-refractivity contribution in [3.8, 4) is 0 Å². The van der Waals surface area contributed by atoms with Crippen molar-refractivity contribution in [2.75, 3.05) is 38.8 Å². The highest BCUT2D eigenvalue weighted by Gasteiger charge is 2.30. The molecule has 2 aromatic carbocycles. The molecule has 5 rings (SSSR count). The first-order valence-corrected chi connectivity index (χ1v) is 19.5. The lowest BCUT2D eigenvalue weighted by Crippen LogP contribution is -2.35. The monoisotopic (exact) mass is 794 g/mol. The molecular weight excluding hydrogens is 754 g/mol. The van der Waals surface area contributed by atoms with Gasteiger partial charge in [0.15, 0.2) is 18.9 Å². The molecule has 1 aliphatic carbocycles. The van der Waals surface area contributed by atoms with Crippen molar-refractivity contribution in [2.24, 2.45) is 0 Å². The number of likely N-dealkylation sites (N-methyl/N-ethyl adjacent to an activating group) is 1. The van der Waals surface area contributed by atoms with E-state index in [0.717, 1.165) is 73.5 Å². The number of aryl methyl sites for hydroxylation is 1. The third kappa shape index (κ3) is 10.5. The molecule has 1 aliphatic heterocycles. The number of benzene rings is 2. The SMILES string of the molecule is COCCCN1/C(=C/C=C2CCC(/C=C/c3sc4ccc(Cl)cc4[n+]3CCCOSOOO)=C2N(C)C(=O)OC(C)(C)C)Sc2ccc(Cl)cc21. The molecule has 0 saturated carbocycles. The predicted octanol–water partition coefficient (Wildman–Crippen LogP) is 10.2. The van der Waals surface area contributed by atoms with Gasteiger partial charge in [-0.2, -0.15) is 4.57 Å². The zero-order valence-electron chi connectivity index (χ0n) is 29.1. The molecule has 1 aromatic heterocycles. The number of carbonyl (C=O) groups is 1. The zero-order valence-corrected chi connectivity index (χ0v) is 33.1. The number of aromatic nitrogens is 1. The third-order valence-electron chi connectivity index (χ3n) is 7.96. The van der Waals surface area contributed by atoms with Gasteiger partial charge < -0.3 is 14.4 Å². The Morgan fingerprint density at radius 3 is 2.63 bits per heavy atom. The lowest BCUT2D eigenvalue weighted by molar-refractivity contribution is -0.669. The number of amides is 1. The van der Waals surface area contributed by atoms with Crippen LogP contribution in [0, 0.1) is 0 Å². The van der Waals surface area contributed by atoms with E-state index in [-0.39, 0.29) is 0 Å². The highest BCUT2D eigenvalue weighted by atomic mass is 35.5. The lowest BCUT2D eigenvalue weighted by Gasteiger charge is -2.26. The number of thiazole rings is 1. The van der Waals surface area contributed by atoms with E-state index in [4.69, 9.17) is 42.1 Å². The first-order valence-electron chi connectivity index (χ1n) is 16.4. The van der Waals surface area contributed by atoms with Crippen LogP contribution in [0.25, 0.3) is 16.3 Å². The van der Waals surface area contributed by atoms with Gasteiger partial charge in [-0.05, 0) is 93.7 Å². The van der Waals surface area contributed by atoms with E-state index in [1.807, 2.05) is 51.1 Å². The fraction of sp³-hybridized carbons (Fsp3) is 0.389. The maximum Gasteiger partial charge on any atom is 0.414 e. The van der Waals surface area contributed by atoms with Crippen LogP contribution in [0.3, 0.4) is 0 Å². The van der Waals surface area contributed by atoms with E-state index in [1.165, 1.54) is 0 Å². The van der Waals surface area contributed by atoms with Crippen LogP contribution in [0.4, 0.5) is 10.5 Å². The molecular formula is C36H42Cl2N3O7S3+. The first-order chi connectivity index (χ1) is 24.5. The number of allylic oxidation sites excluding steroid dienone is 5. The Bertz CT molecular complexity index is 1840. The Balaban J connectivity index is 1.49. The molecule has 2 heterocycles. The zero-order chi connectivity index (χ0) is 36.5. The summed E-state index contributed by atoms with van der Waals surface area (Å²) in [7, 11) is 3.48. The van der Waals surface area contributed by atoms with Gasteiger partial charge in [0.05, 0.1) is 23.0 Å². The summed E-state index contributed by atoms with van der Waals surface area (Å²) < 4.78 is 24.0. The molecule has 0 saturated heterocycles. The minimum absolute atomic E-state index is 0.363. The molecule has 0 atom stereocenters. The van der Waals surface area contributed by atoms with Crippen LogP contribution >= 0.6 is 58.6 Å². The van der Waals surface area contributed by atoms with Crippen molar-refractivity contribution in [3.05, 3.63) is 91.6 Å². The standard InChI is InChI=1S/C36H41Cl2N3O7S3/c1-36(2,3)46-35(42)39(4)34-24(10-16-32-40(18-6-20-44-5)28-22-26(37)12-14-30(28)49-32)8-9-25(34)11-17-33-41(19-7-21-45-51-48-47-43)29-23-27(38)13-15-31(29)50-33/h10-17,22-23H,6-9,18-21H2,1-5H3/p+1. The number of thioether (sulfide) groups is 1.